The van der Waals surface area contributed by atoms with Crippen LogP contribution in [0.1, 0.15) is 11.4 Å². The van der Waals surface area contributed by atoms with Gasteiger partial charge in [-0.15, -0.1) is 0 Å². The minimum Gasteiger partial charge on any atom is -0.487 e. The predicted octanol–water partition coefficient (Wildman–Crippen LogP) is 4.21. The van der Waals surface area contributed by atoms with Crippen molar-refractivity contribution >= 4 is 33.9 Å². The average molecular weight is 391 g/mol. The van der Waals surface area contributed by atoms with Crippen LogP contribution >= 0.6 is 11.6 Å². The molecule has 0 fully saturated rings. The predicted molar refractivity (Wildman–Crippen MR) is 107 cm³/mol. The molecule has 1 N–H and O–H groups in total. The van der Waals surface area contributed by atoms with Crippen LogP contribution in [0.5, 0.6) is 5.75 Å². The van der Waals surface area contributed by atoms with Crippen LogP contribution in [0.3, 0.4) is 0 Å². The van der Waals surface area contributed by atoms with E-state index in [1.807, 2.05) is 30.3 Å². The van der Waals surface area contributed by atoms with Gasteiger partial charge in [-0.2, -0.15) is 10.4 Å². The minimum absolute atomic E-state index is 0.285. The Hall–Kier alpha value is -3.63. The van der Waals surface area contributed by atoms with Crippen molar-refractivity contribution in [3.05, 3.63) is 71.4 Å². The zero-order valence-corrected chi connectivity index (χ0v) is 15.7. The first kappa shape index (κ1) is 17.8. The Labute approximate surface area is 166 Å². The van der Waals surface area contributed by atoms with E-state index in [4.69, 9.17) is 21.6 Å². The highest BCUT2D eigenvalue weighted by Crippen LogP contribution is 2.28. The Morgan fingerprint density at radius 3 is 2.82 bits per heavy atom. The summed E-state index contributed by atoms with van der Waals surface area (Å²) in [5, 5.41) is 18.9. The molecule has 8 heteroatoms. The van der Waals surface area contributed by atoms with Crippen LogP contribution in [-0.2, 0) is 13.7 Å². The van der Waals surface area contributed by atoms with Gasteiger partial charge >= 0.3 is 0 Å². The van der Waals surface area contributed by atoms with Gasteiger partial charge in [0.25, 0.3) is 0 Å². The number of nitrogens with one attached hydrogen (secondary N) is 1. The molecule has 4 aromatic rings. The topological polar surface area (TPSA) is 88.7 Å². The van der Waals surface area contributed by atoms with Gasteiger partial charge in [-0.1, -0.05) is 11.6 Å². The fourth-order valence-corrected chi connectivity index (χ4v) is 2.90. The molecule has 0 aliphatic carbocycles. The molecule has 0 bridgehead atoms. The molecular weight excluding hydrogens is 376 g/mol. The van der Waals surface area contributed by atoms with E-state index in [9.17, 15) is 0 Å². The number of fused-ring (bicyclic) bond motifs is 1. The largest absolute Gasteiger partial charge is 0.487 e. The summed E-state index contributed by atoms with van der Waals surface area (Å²) in [6.07, 6.45) is 3.39. The quantitative estimate of drug-likeness (QED) is 0.513. The number of aromatic nitrogens is 4. The van der Waals surface area contributed by atoms with E-state index in [2.05, 4.69) is 26.5 Å². The number of hydrogen-bond donors (Lipinski definition) is 1. The molecule has 0 amide bonds. The van der Waals surface area contributed by atoms with Crippen molar-refractivity contribution in [3.8, 4) is 11.8 Å². The van der Waals surface area contributed by atoms with Gasteiger partial charge in [0.2, 0.25) is 0 Å². The maximum atomic E-state index is 9.01. The number of anilines is 2. The zero-order valence-electron chi connectivity index (χ0n) is 14.9. The van der Waals surface area contributed by atoms with Crippen LogP contribution in [0, 0.1) is 11.3 Å². The molecule has 3 heterocycles. The molecule has 0 aliphatic heterocycles. The minimum atomic E-state index is 0.285. The van der Waals surface area contributed by atoms with E-state index < -0.39 is 0 Å². The molecule has 1 aromatic carbocycles. The maximum absolute atomic E-state index is 9.01. The summed E-state index contributed by atoms with van der Waals surface area (Å²) in [4.78, 5) is 8.48. The van der Waals surface area contributed by atoms with Gasteiger partial charge in [0.05, 0.1) is 11.9 Å². The highest BCUT2D eigenvalue weighted by molar-refractivity contribution is 6.29. The molecule has 138 valence electrons. The van der Waals surface area contributed by atoms with Crippen LogP contribution in [0.15, 0.2) is 54.9 Å². The number of nitriles is 1. The number of rotatable bonds is 5. The third-order valence-corrected chi connectivity index (χ3v) is 4.38. The third kappa shape index (κ3) is 3.72. The first-order valence-electron chi connectivity index (χ1n) is 8.45. The first-order valence-corrected chi connectivity index (χ1v) is 8.83. The van der Waals surface area contributed by atoms with Gasteiger partial charge in [0.15, 0.2) is 0 Å². The van der Waals surface area contributed by atoms with E-state index in [0.717, 1.165) is 22.3 Å². The molecule has 0 atom stereocenters. The molecule has 28 heavy (non-hydrogen) atoms. The van der Waals surface area contributed by atoms with E-state index >= 15 is 0 Å². The van der Waals surface area contributed by atoms with Crippen molar-refractivity contribution in [2.24, 2.45) is 7.05 Å². The number of ether oxygens (including phenoxy) is 1. The monoisotopic (exact) mass is 390 g/mol. The normalized spacial score (nSPS) is 10.6. The Balaban J connectivity index is 1.54. The molecule has 0 spiro atoms. The number of halogens is 1. The van der Waals surface area contributed by atoms with Crippen LogP contribution in [0.25, 0.3) is 10.8 Å². The van der Waals surface area contributed by atoms with Crippen molar-refractivity contribution in [3.63, 3.8) is 0 Å². The second kappa shape index (κ2) is 7.55. The Kier molecular flexibility index (Phi) is 4.79. The van der Waals surface area contributed by atoms with E-state index in [1.165, 1.54) is 4.68 Å². The van der Waals surface area contributed by atoms with E-state index in [-0.39, 0.29) is 6.61 Å². The van der Waals surface area contributed by atoms with Gasteiger partial charge in [0, 0.05) is 24.7 Å². The molecule has 0 aliphatic rings. The summed E-state index contributed by atoms with van der Waals surface area (Å²) in [5.41, 5.74) is 2.00. The molecular formula is C20H15ClN6O. The van der Waals surface area contributed by atoms with E-state index in [1.54, 1.807) is 31.6 Å². The van der Waals surface area contributed by atoms with Crippen LogP contribution in [0.4, 0.5) is 11.5 Å². The molecule has 0 unspecified atom stereocenters. The lowest BCUT2D eigenvalue weighted by Crippen LogP contribution is -1.99. The number of nitrogens with zero attached hydrogens (tertiary/aromatic N) is 5. The number of hydrogen-bond acceptors (Lipinski definition) is 6. The molecule has 4 rings (SSSR count). The lowest BCUT2D eigenvalue weighted by molar-refractivity contribution is 0.300. The zero-order chi connectivity index (χ0) is 19.5. The van der Waals surface area contributed by atoms with Crippen LogP contribution in [0.2, 0.25) is 5.15 Å². The smallest absolute Gasteiger partial charge is 0.138 e. The standard InChI is InChI=1S/C20H15ClN6O/c1-27-16(10-22)9-15(26-27)12-28-17-3-4-18-13(8-17)6-7-23-20(18)25-14-2-5-19(21)24-11-14/h2-9,11H,12H2,1H3,(H,23,25). The van der Waals surface area contributed by atoms with Crippen molar-refractivity contribution in [2.45, 2.75) is 6.61 Å². The lowest BCUT2D eigenvalue weighted by atomic mass is 10.1. The fraction of sp³-hybridized carbons (Fsp3) is 0.100. The highest BCUT2D eigenvalue weighted by Gasteiger charge is 2.08. The second-order valence-electron chi connectivity index (χ2n) is 6.08. The summed E-state index contributed by atoms with van der Waals surface area (Å²) < 4.78 is 7.37. The Morgan fingerprint density at radius 1 is 1.18 bits per heavy atom. The maximum Gasteiger partial charge on any atom is 0.138 e. The van der Waals surface area contributed by atoms with Crippen molar-refractivity contribution in [2.75, 3.05) is 5.32 Å². The van der Waals surface area contributed by atoms with Crippen molar-refractivity contribution < 1.29 is 4.74 Å². The average Bonchev–Trinajstić information content (AvgIpc) is 3.08. The van der Waals surface area contributed by atoms with Gasteiger partial charge in [-0.25, -0.2) is 9.97 Å². The second-order valence-corrected chi connectivity index (χ2v) is 6.47. The lowest BCUT2D eigenvalue weighted by Gasteiger charge is -2.10. The summed E-state index contributed by atoms with van der Waals surface area (Å²) in [6.45, 7) is 0.285. The molecule has 0 saturated carbocycles. The molecule has 3 aromatic heterocycles. The molecule has 7 nitrogen and oxygen atoms in total. The van der Waals surface area contributed by atoms with Crippen molar-refractivity contribution in [1.29, 1.82) is 5.26 Å². The van der Waals surface area contributed by atoms with Gasteiger partial charge < -0.3 is 10.1 Å². The summed E-state index contributed by atoms with van der Waals surface area (Å²) in [5.74, 6) is 1.43. The van der Waals surface area contributed by atoms with Crippen LogP contribution in [-0.4, -0.2) is 19.7 Å². The van der Waals surface area contributed by atoms with Gasteiger partial charge in [0.1, 0.15) is 40.8 Å². The van der Waals surface area contributed by atoms with Crippen molar-refractivity contribution in [1.82, 2.24) is 19.7 Å². The third-order valence-electron chi connectivity index (χ3n) is 4.16. The number of benzene rings is 1. The fourth-order valence-electron chi connectivity index (χ4n) is 2.79. The van der Waals surface area contributed by atoms with Gasteiger partial charge in [-0.3, -0.25) is 4.68 Å². The summed E-state index contributed by atoms with van der Waals surface area (Å²) in [6, 6.07) is 15.0. The summed E-state index contributed by atoms with van der Waals surface area (Å²) >= 11 is 5.83. The molecule has 0 radical (unpaired) electrons. The first-order chi connectivity index (χ1) is 13.6. The van der Waals surface area contributed by atoms with E-state index in [0.29, 0.717) is 22.3 Å². The van der Waals surface area contributed by atoms with Gasteiger partial charge in [-0.05, 0) is 41.8 Å². The Bertz CT molecular complexity index is 1180. The highest BCUT2D eigenvalue weighted by atomic mass is 35.5. The SMILES string of the molecule is Cn1nc(COc2ccc3c(Nc4ccc(Cl)nc4)nccc3c2)cc1C#N. The van der Waals surface area contributed by atoms with Crippen LogP contribution < -0.4 is 10.1 Å². The molecule has 0 saturated heterocycles. The number of aryl methyl sites for hydroxylation is 1. The summed E-state index contributed by atoms with van der Waals surface area (Å²) in [7, 11) is 1.73. The number of pyridine rings is 2. The Morgan fingerprint density at radius 2 is 2.07 bits per heavy atom.